The summed E-state index contributed by atoms with van der Waals surface area (Å²) in [5, 5.41) is 0. The Balaban J connectivity index is 1.79. The molecular weight excluding hydrogens is 280 g/mol. The van der Waals surface area contributed by atoms with Crippen LogP contribution in [0, 0.1) is 6.92 Å². The molecule has 0 aliphatic carbocycles. The first-order valence-corrected chi connectivity index (χ1v) is 7.36. The van der Waals surface area contributed by atoms with Crippen LogP contribution >= 0.6 is 0 Å². The van der Waals surface area contributed by atoms with E-state index in [2.05, 4.69) is 0 Å². The molecule has 0 aromatic heterocycles. The average Bonchev–Trinajstić information content (AvgIpc) is 2.54. The van der Waals surface area contributed by atoms with Crippen LogP contribution in [0.4, 0.5) is 0 Å². The van der Waals surface area contributed by atoms with Crippen molar-refractivity contribution >= 4 is 0 Å². The quantitative estimate of drug-likeness (QED) is 0.694. The van der Waals surface area contributed by atoms with E-state index in [1.807, 2.05) is 56.3 Å². The van der Waals surface area contributed by atoms with Gasteiger partial charge in [0.25, 0.3) is 0 Å². The Labute approximate surface area is 131 Å². The molecule has 4 heteroatoms. The first-order chi connectivity index (χ1) is 10.7. The van der Waals surface area contributed by atoms with E-state index in [9.17, 15) is 0 Å². The van der Waals surface area contributed by atoms with Crippen molar-refractivity contribution in [3.63, 3.8) is 0 Å². The summed E-state index contributed by atoms with van der Waals surface area (Å²) in [7, 11) is 1.64. The van der Waals surface area contributed by atoms with Gasteiger partial charge in [0.1, 0.15) is 24.7 Å². The summed E-state index contributed by atoms with van der Waals surface area (Å²) in [5.74, 6) is 3.10. The highest BCUT2D eigenvalue weighted by Crippen LogP contribution is 2.27. The zero-order valence-corrected chi connectivity index (χ0v) is 13.3. The first-order valence-electron chi connectivity index (χ1n) is 7.36. The normalized spacial score (nSPS) is 10.1. The number of hydrogen-bond donors (Lipinski definition) is 0. The Bertz CT molecular complexity index is 578. The fourth-order valence-electron chi connectivity index (χ4n) is 2.00. The first kappa shape index (κ1) is 16.0. The molecule has 2 aromatic carbocycles. The van der Waals surface area contributed by atoms with Crippen molar-refractivity contribution in [3.05, 3.63) is 48.0 Å². The summed E-state index contributed by atoms with van der Waals surface area (Å²) in [6.07, 6.45) is 0. The van der Waals surface area contributed by atoms with Gasteiger partial charge in [-0.05, 0) is 55.8 Å². The largest absolute Gasteiger partial charge is 0.494 e. The summed E-state index contributed by atoms with van der Waals surface area (Å²) < 4.78 is 22.0. The SMILES string of the molecule is CCOc1ccc(OCCOc2ccc(C)cc2OC)cc1. The average molecular weight is 302 g/mol. The maximum Gasteiger partial charge on any atom is 0.161 e. The lowest BCUT2D eigenvalue weighted by atomic mass is 10.2. The molecule has 0 aliphatic rings. The third kappa shape index (κ3) is 4.58. The Morgan fingerprint density at radius 1 is 0.773 bits per heavy atom. The van der Waals surface area contributed by atoms with Gasteiger partial charge in [-0.3, -0.25) is 0 Å². The Morgan fingerprint density at radius 3 is 2.05 bits per heavy atom. The van der Waals surface area contributed by atoms with Gasteiger partial charge in [-0.2, -0.15) is 0 Å². The summed E-state index contributed by atoms with van der Waals surface area (Å²) in [5.41, 5.74) is 1.13. The lowest BCUT2D eigenvalue weighted by Gasteiger charge is -2.12. The minimum atomic E-state index is 0.451. The topological polar surface area (TPSA) is 36.9 Å². The molecule has 118 valence electrons. The molecule has 0 heterocycles. The highest BCUT2D eigenvalue weighted by atomic mass is 16.5. The highest BCUT2D eigenvalue weighted by molar-refractivity contribution is 5.42. The molecule has 2 rings (SSSR count). The van der Waals surface area contributed by atoms with E-state index in [1.54, 1.807) is 7.11 Å². The molecule has 0 aliphatic heterocycles. The van der Waals surface area contributed by atoms with E-state index in [-0.39, 0.29) is 0 Å². The molecule has 0 saturated heterocycles. The van der Waals surface area contributed by atoms with Crippen LogP contribution in [0.2, 0.25) is 0 Å². The third-order valence-electron chi connectivity index (χ3n) is 3.06. The molecule has 0 bridgehead atoms. The van der Waals surface area contributed by atoms with Crippen molar-refractivity contribution in [2.45, 2.75) is 13.8 Å². The van der Waals surface area contributed by atoms with Crippen LogP contribution in [0.5, 0.6) is 23.0 Å². The maximum atomic E-state index is 5.69. The molecule has 0 radical (unpaired) electrons. The minimum Gasteiger partial charge on any atom is -0.494 e. The summed E-state index contributed by atoms with van der Waals surface area (Å²) in [6, 6.07) is 13.4. The van der Waals surface area contributed by atoms with E-state index in [1.165, 1.54) is 0 Å². The standard InChI is InChI=1S/C18H22O4/c1-4-20-15-6-8-16(9-7-15)21-11-12-22-17-10-5-14(2)13-18(17)19-3/h5-10,13H,4,11-12H2,1-3H3. The molecule has 0 spiro atoms. The van der Waals surface area contributed by atoms with Crippen molar-refractivity contribution in [3.8, 4) is 23.0 Å². The number of aryl methyl sites for hydroxylation is 1. The van der Waals surface area contributed by atoms with E-state index in [0.29, 0.717) is 19.8 Å². The second kappa shape index (κ2) is 8.17. The molecule has 2 aromatic rings. The second-order valence-electron chi connectivity index (χ2n) is 4.76. The molecule has 0 N–H and O–H groups in total. The molecule has 0 unspecified atom stereocenters. The summed E-state index contributed by atoms with van der Waals surface area (Å²) in [6.45, 7) is 5.55. The van der Waals surface area contributed by atoms with Crippen molar-refractivity contribution in [2.24, 2.45) is 0 Å². The van der Waals surface area contributed by atoms with Gasteiger partial charge in [0.15, 0.2) is 11.5 Å². The van der Waals surface area contributed by atoms with E-state index in [4.69, 9.17) is 18.9 Å². The minimum absolute atomic E-state index is 0.451. The van der Waals surface area contributed by atoms with E-state index in [0.717, 1.165) is 28.6 Å². The Morgan fingerprint density at radius 2 is 1.41 bits per heavy atom. The summed E-state index contributed by atoms with van der Waals surface area (Å²) in [4.78, 5) is 0. The van der Waals surface area contributed by atoms with Crippen LogP contribution in [0.15, 0.2) is 42.5 Å². The number of benzene rings is 2. The van der Waals surface area contributed by atoms with Crippen LogP contribution in [0.1, 0.15) is 12.5 Å². The fourth-order valence-corrected chi connectivity index (χ4v) is 2.00. The van der Waals surface area contributed by atoms with Crippen molar-refractivity contribution in [2.75, 3.05) is 26.9 Å². The lowest BCUT2D eigenvalue weighted by Crippen LogP contribution is -2.09. The molecule has 4 nitrogen and oxygen atoms in total. The number of methoxy groups -OCH3 is 1. The number of rotatable bonds is 8. The van der Waals surface area contributed by atoms with Crippen molar-refractivity contribution < 1.29 is 18.9 Å². The van der Waals surface area contributed by atoms with Crippen molar-refractivity contribution in [1.82, 2.24) is 0 Å². The smallest absolute Gasteiger partial charge is 0.161 e. The molecule has 0 saturated carbocycles. The zero-order chi connectivity index (χ0) is 15.8. The Hall–Kier alpha value is -2.36. The van der Waals surface area contributed by atoms with E-state index >= 15 is 0 Å². The van der Waals surface area contributed by atoms with Crippen LogP contribution in [0.25, 0.3) is 0 Å². The van der Waals surface area contributed by atoms with Crippen LogP contribution in [-0.2, 0) is 0 Å². The van der Waals surface area contributed by atoms with E-state index < -0.39 is 0 Å². The highest BCUT2D eigenvalue weighted by Gasteiger charge is 2.04. The Kier molecular flexibility index (Phi) is 5.95. The summed E-state index contributed by atoms with van der Waals surface area (Å²) >= 11 is 0. The van der Waals surface area contributed by atoms with Gasteiger partial charge in [0, 0.05) is 0 Å². The second-order valence-corrected chi connectivity index (χ2v) is 4.76. The fraction of sp³-hybridized carbons (Fsp3) is 0.333. The number of ether oxygens (including phenoxy) is 4. The molecular formula is C18H22O4. The van der Waals surface area contributed by atoms with Crippen LogP contribution in [-0.4, -0.2) is 26.9 Å². The molecule has 0 amide bonds. The number of hydrogen-bond acceptors (Lipinski definition) is 4. The van der Waals surface area contributed by atoms with Gasteiger partial charge in [0.05, 0.1) is 13.7 Å². The van der Waals surface area contributed by atoms with Gasteiger partial charge in [0.2, 0.25) is 0 Å². The van der Waals surface area contributed by atoms with Crippen LogP contribution in [0.3, 0.4) is 0 Å². The zero-order valence-electron chi connectivity index (χ0n) is 13.3. The lowest BCUT2D eigenvalue weighted by molar-refractivity contribution is 0.211. The molecule has 22 heavy (non-hydrogen) atoms. The molecule has 0 fully saturated rings. The molecule has 0 atom stereocenters. The predicted octanol–water partition coefficient (Wildman–Crippen LogP) is 3.86. The van der Waals surface area contributed by atoms with Gasteiger partial charge >= 0.3 is 0 Å². The van der Waals surface area contributed by atoms with Crippen LogP contribution < -0.4 is 18.9 Å². The van der Waals surface area contributed by atoms with Crippen molar-refractivity contribution in [1.29, 1.82) is 0 Å². The maximum absolute atomic E-state index is 5.69. The van der Waals surface area contributed by atoms with Gasteiger partial charge in [-0.1, -0.05) is 6.07 Å². The monoisotopic (exact) mass is 302 g/mol. The van der Waals surface area contributed by atoms with Gasteiger partial charge in [-0.15, -0.1) is 0 Å². The predicted molar refractivity (Wildman–Crippen MR) is 86.3 cm³/mol. The van der Waals surface area contributed by atoms with Gasteiger partial charge in [-0.25, -0.2) is 0 Å². The third-order valence-corrected chi connectivity index (χ3v) is 3.06. The van der Waals surface area contributed by atoms with Gasteiger partial charge < -0.3 is 18.9 Å².